The van der Waals surface area contributed by atoms with E-state index >= 15 is 0 Å². The molecule has 0 radical (unpaired) electrons. The van der Waals surface area contributed by atoms with Crippen LogP contribution in [0.2, 0.25) is 0 Å². The standard InChI is InChI=1S/C105H63N3O2/c1-3-23-64(24-4-1)66-47-53-69(54-48-66)91-61-76(73-28-19-29-74(59-73)77-37-21-39-85-98(77)105(99-82-35-11-17-45-95(82)109-101(85)99)88-42-15-9-33-80(88)81-34-10-16-43-89(81)105)62-92(106-91)75-30-20-27-72(60-75)68-51-57-71(58-52-68)94-63-93(70-55-49-67(50-56-70)65-25-5-2-6-26-65)107-103(108-94)84-38-22-44-90-97(84)102-100(83-36-12-18-46-96(83)110-102)104(90)86-40-13-7-31-78(86)79-32-8-14-41-87(79)104/h1-63H. The molecule has 4 aromatic heterocycles. The molecule has 15 aromatic carbocycles. The van der Waals surface area contributed by atoms with Crippen LogP contribution in [0.15, 0.2) is 391 Å². The fourth-order valence-electron chi connectivity index (χ4n) is 19.1. The smallest absolute Gasteiger partial charge is 0.161 e. The quantitative estimate of drug-likeness (QED) is 0.137. The highest BCUT2D eigenvalue weighted by Crippen LogP contribution is 2.68. The van der Waals surface area contributed by atoms with Crippen molar-refractivity contribution >= 4 is 21.9 Å². The third-order valence-corrected chi connectivity index (χ3v) is 23.8. The van der Waals surface area contributed by atoms with E-state index in [-0.39, 0.29) is 0 Å². The van der Waals surface area contributed by atoms with Crippen LogP contribution in [0.5, 0.6) is 0 Å². The maximum atomic E-state index is 7.18. The van der Waals surface area contributed by atoms with Gasteiger partial charge in [0.2, 0.25) is 0 Å². The Kier molecular flexibility index (Phi) is 13.5. The van der Waals surface area contributed by atoms with Gasteiger partial charge >= 0.3 is 0 Å². The van der Waals surface area contributed by atoms with Crippen molar-refractivity contribution in [3.8, 4) is 157 Å². The molecule has 0 saturated heterocycles. The van der Waals surface area contributed by atoms with Crippen molar-refractivity contribution in [2.75, 3.05) is 0 Å². The third kappa shape index (κ3) is 9.06. The largest absolute Gasteiger partial charge is 0.456 e. The zero-order chi connectivity index (χ0) is 72.2. The van der Waals surface area contributed by atoms with Crippen molar-refractivity contribution in [2.45, 2.75) is 10.8 Å². The highest BCUT2D eigenvalue weighted by molar-refractivity contribution is 6.07. The number of aromatic nitrogens is 3. The predicted molar refractivity (Wildman–Crippen MR) is 446 cm³/mol. The molecule has 0 N–H and O–H groups in total. The van der Waals surface area contributed by atoms with Crippen LogP contribution in [0, 0.1) is 0 Å². The van der Waals surface area contributed by atoms with Crippen LogP contribution in [0.3, 0.4) is 0 Å². The molecule has 5 nitrogen and oxygen atoms in total. The number of hydrogen-bond acceptors (Lipinski definition) is 5. The topological polar surface area (TPSA) is 65.0 Å². The zero-order valence-corrected chi connectivity index (χ0v) is 59.5. The van der Waals surface area contributed by atoms with Gasteiger partial charge in [-0.05, 0) is 154 Å². The van der Waals surface area contributed by atoms with Crippen LogP contribution in [0.1, 0.15) is 44.5 Å². The summed E-state index contributed by atoms with van der Waals surface area (Å²) >= 11 is 0. The van der Waals surface area contributed by atoms with Gasteiger partial charge in [-0.1, -0.05) is 340 Å². The van der Waals surface area contributed by atoms with Crippen molar-refractivity contribution in [2.24, 2.45) is 0 Å². The van der Waals surface area contributed by atoms with Crippen molar-refractivity contribution in [3.63, 3.8) is 0 Å². The molecule has 0 unspecified atom stereocenters. The monoisotopic (exact) mass is 1400 g/mol. The maximum Gasteiger partial charge on any atom is 0.161 e. The summed E-state index contributed by atoms with van der Waals surface area (Å²) < 4.78 is 14.2. The van der Waals surface area contributed by atoms with E-state index in [0.717, 1.165) is 151 Å². The Labute approximate surface area is 636 Å². The summed E-state index contributed by atoms with van der Waals surface area (Å²) in [6, 6.07) is 139. The lowest BCUT2D eigenvalue weighted by Crippen LogP contribution is -2.26. The van der Waals surface area contributed by atoms with Crippen LogP contribution in [-0.4, -0.2) is 15.0 Å². The van der Waals surface area contributed by atoms with Crippen molar-refractivity contribution in [3.05, 3.63) is 427 Å². The van der Waals surface area contributed by atoms with Crippen LogP contribution >= 0.6 is 0 Å². The summed E-state index contributed by atoms with van der Waals surface area (Å²) in [7, 11) is 0. The minimum atomic E-state index is -0.640. The van der Waals surface area contributed by atoms with Gasteiger partial charge in [-0.15, -0.1) is 0 Å². The van der Waals surface area contributed by atoms with E-state index in [1.54, 1.807) is 0 Å². The van der Waals surface area contributed by atoms with Crippen LogP contribution in [-0.2, 0) is 10.8 Å². The number of nitrogens with zero attached hydrogens (tertiary/aromatic N) is 3. The van der Waals surface area contributed by atoms with Gasteiger partial charge in [0.25, 0.3) is 0 Å². The SMILES string of the molecule is c1ccc(-c2ccc(-c3cc(-c4cccc(-c5cccc6c5C5(c7ccccc7-c7ccccc75)c5c-6oc6ccccc56)c4)cc(-c4cccc(-c5ccc(-c6cc(-c7ccc(-c8ccccc8)cc7)nc(-c7cccc8c7-c7oc9ccccc9c7C87c8ccccc8-c8ccccc87)n6)cc5)c4)n3)cc2)cc1. The lowest BCUT2D eigenvalue weighted by atomic mass is 9.68. The summed E-state index contributed by atoms with van der Waals surface area (Å²) in [6.45, 7) is 0. The molecule has 0 aliphatic heterocycles. The van der Waals surface area contributed by atoms with E-state index in [0.29, 0.717) is 5.82 Å². The van der Waals surface area contributed by atoms with E-state index in [9.17, 15) is 0 Å². The molecule has 0 fully saturated rings. The first kappa shape index (κ1) is 61.9. The number of fused-ring (bicyclic) bond motifs is 24. The lowest BCUT2D eigenvalue weighted by molar-refractivity contribution is 0.628. The Hall–Kier alpha value is -14.4. The number of rotatable bonds is 10. The van der Waals surface area contributed by atoms with Crippen LogP contribution < -0.4 is 0 Å². The summed E-state index contributed by atoms with van der Waals surface area (Å²) in [5.74, 6) is 2.41. The predicted octanol–water partition coefficient (Wildman–Crippen LogP) is 26.7. The van der Waals surface area contributed by atoms with Gasteiger partial charge in [0.15, 0.2) is 5.82 Å². The molecule has 0 atom stereocenters. The molecule has 510 valence electrons. The van der Waals surface area contributed by atoms with E-state index < -0.39 is 10.8 Å². The lowest BCUT2D eigenvalue weighted by Gasteiger charge is -2.31. The van der Waals surface area contributed by atoms with Gasteiger partial charge in [-0.2, -0.15) is 0 Å². The Balaban J connectivity index is 0.645. The number of hydrogen-bond donors (Lipinski definition) is 0. The highest BCUT2D eigenvalue weighted by atomic mass is 16.3. The second-order valence-electron chi connectivity index (χ2n) is 29.5. The zero-order valence-electron chi connectivity index (χ0n) is 59.5. The van der Waals surface area contributed by atoms with Crippen molar-refractivity contribution in [1.82, 2.24) is 15.0 Å². The molecule has 5 heteroatoms. The summed E-state index contributed by atoms with van der Waals surface area (Å²) in [5.41, 5.74) is 36.9. The Morgan fingerprint density at radius 3 is 1.09 bits per heavy atom. The van der Waals surface area contributed by atoms with Gasteiger partial charge in [0.1, 0.15) is 22.7 Å². The van der Waals surface area contributed by atoms with E-state index in [1.165, 1.54) is 66.8 Å². The Morgan fingerprint density at radius 2 is 0.536 bits per heavy atom. The average Bonchev–Trinajstić information content (AvgIpc) is 1.50. The molecule has 4 aliphatic carbocycles. The van der Waals surface area contributed by atoms with Crippen molar-refractivity contribution < 1.29 is 8.83 Å². The van der Waals surface area contributed by atoms with Gasteiger partial charge < -0.3 is 8.83 Å². The minimum absolute atomic E-state index is 0.620. The highest BCUT2D eigenvalue weighted by Gasteiger charge is 2.57. The van der Waals surface area contributed by atoms with E-state index in [4.69, 9.17) is 23.8 Å². The number of para-hydroxylation sites is 2. The fourth-order valence-corrected chi connectivity index (χ4v) is 19.1. The number of furan rings is 2. The molecule has 23 rings (SSSR count). The molecule has 0 saturated carbocycles. The molecule has 110 heavy (non-hydrogen) atoms. The van der Waals surface area contributed by atoms with Gasteiger partial charge in [0.05, 0.1) is 33.6 Å². The van der Waals surface area contributed by atoms with Gasteiger partial charge in [-0.3, -0.25) is 0 Å². The first-order chi connectivity index (χ1) is 54.5. The number of benzene rings is 15. The molecule has 4 heterocycles. The van der Waals surface area contributed by atoms with E-state index in [1.807, 2.05) is 0 Å². The molecule has 2 spiro atoms. The molecule has 0 amide bonds. The normalized spacial score (nSPS) is 13.2. The fraction of sp³-hybridized carbons (Fsp3) is 0.0190. The molecular weight excluding hydrogens is 1340 g/mol. The van der Waals surface area contributed by atoms with Crippen molar-refractivity contribution in [1.29, 1.82) is 0 Å². The van der Waals surface area contributed by atoms with E-state index in [2.05, 4.69) is 382 Å². The summed E-state index contributed by atoms with van der Waals surface area (Å²) in [5, 5.41) is 2.24. The average molecular weight is 1400 g/mol. The minimum Gasteiger partial charge on any atom is -0.456 e. The summed E-state index contributed by atoms with van der Waals surface area (Å²) in [4.78, 5) is 16.8. The molecular formula is C105H63N3O2. The van der Waals surface area contributed by atoms with Gasteiger partial charge in [0, 0.05) is 60.8 Å². The Bertz CT molecular complexity index is 6910. The van der Waals surface area contributed by atoms with Crippen LogP contribution in [0.25, 0.3) is 179 Å². The number of pyridine rings is 1. The second kappa shape index (κ2) is 24.1. The first-order valence-electron chi connectivity index (χ1n) is 37.8. The molecule has 0 bridgehead atoms. The molecule has 19 aromatic rings. The summed E-state index contributed by atoms with van der Waals surface area (Å²) in [6.07, 6.45) is 0. The van der Waals surface area contributed by atoms with Gasteiger partial charge in [-0.25, -0.2) is 15.0 Å². The van der Waals surface area contributed by atoms with Crippen LogP contribution in [0.4, 0.5) is 0 Å². The Morgan fingerprint density at radius 1 is 0.191 bits per heavy atom. The molecule has 4 aliphatic rings. The third-order valence-electron chi connectivity index (χ3n) is 23.8. The second-order valence-corrected chi connectivity index (χ2v) is 29.5. The first-order valence-corrected chi connectivity index (χ1v) is 37.8. The maximum absolute atomic E-state index is 7.18.